The lowest BCUT2D eigenvalue weighted by molar-refractivity contribution is 0.0902. The number of aromatic nitrogens is 2. The predicted molar refractivity (Wildman–Crippen MR) is 96.2 cm³/mol. The quantitative estimate of drug-likeness (QED) is 0.938. The number of fused-ring (bicyclic) bond motifs is 1. The third-order valence-electron chi connectivity index (χ3n) is 4.98. The van der Waals surface area contributed by atoms with E-state index in [1.165, 1.54) is 12.8 Å². The summed E-state index contributed by atoms with van der Waals surface area (Å²) in [5, 5.41) is 3.08. The molecule has 128 valence electrons. The second kappa shape index (κ2) is 6.48. The molecular formula is C19H26N4O. The number of rotatable bonds is 4. The van der Waals surface area contributed by atoms with Crippen molar-refractivity contribution in [3.05, 3.63) is 35.2 Å². The molecule has 1 aromatic carbocycles. The van der Waals surface area contributed by atoms with E-state index in [1.54, 1.807) is 0 Å². The van der Waals surface area contributed by atoms with Gasteiger partial charge in [-0.05, 0) is 71.8 Å². The zero-order valence-corrected chi connectivity index (χ0v) is 15.0. The zero-order chi connectivity index (χ0) is 17.3. The topological polar surface area (TPSA) is 58.1 Å². The maximum absolute atomic E-state index is 12.5. The smallest absolute Gasteiger partial charge is 0.251 e. The van der Waals surface area contributed by atoms with Crippen molar-refractivity contribution >= 4 is 16.9 Å². The molecule has 1 aromatic heterocycles. The number of likely N-dealkylation sites (tertiary alicyclic amines) is 1. The second-order valence-electron chi connectivity index (χ2n) is 7.29. The zero-order valence-electron chi connectivity index (χ0n) is 15.0. The van der Waals surface area contributed by atoms with Crippen molar-refractivity contribution in [3.8, 4) is 0 Å². The lowest BCUT2D eigenvalue weighted by Crippen LogP contribution is -2.50. The number of hydrogen-bond acceptors (Lipinski definition) is 4. The Bertz CT molecular complexity index is 763. The normalized spacial score (nSPS) is 15.8. The standard InChI is InChI=1S/C19H26N4O/c1-13-14(2)22-17-11-15(7-8-16(17)21-13)18(24)20-12-19(3,4)23-9-5-6-10-23/h7-8,11H,5-6,9-10,12H2,1-4H3,(H,20,24). The minimum Gasteiger partial charge on any atom is -0.350 e. The van der Waals surface area contributed by atoms with Crippen molar-refractivity contribution in [1.82, 2.24) is 20.2 Å². The molecule has 1 aliphatic rings. The van der Waals surface area contributed by atoms with Crippen LogP contribution in [-0.4, -0.2) is 45.9 Å². The van der Waals surface area contributed by atoms with E-state index in [4.69, 9.17) is 0 Å². The molecule has 5 heteroatoms. The first-order chi connectivity index (χ1) is 11.4. The van der Waals surface area contributed by atoms with E-state index in [0.29, 0.717) is 12.1 Å². The highest BCUT2D eigenvalue weighted by molar-refractivity contribution is 5.97. The van der Waals surface area contributed by atoms with Gasteiger partial charge in [-0.1, -0.05) is 0 Å². The molecule has 1 aliphatic heterocycles. The summed E-state index contributed by atoms with van der Waals surface area (Å²) in [6, 6.07) is 5.52. The first-order valence-corrected chi connectivity index (χ1v) is 8.65. The molecule has 1 saturated heterocycles. The van der Waals surface area contributed by atoms with E-state index in [-0.39, 0.29) is 11.4 Å². The number of nitrogens with one attached hydrogen (secondary N) is 1. The third-order valence-corrected chi connectivity index (χ3v) is 4.98. The van der Waals surface area contributed by atoms with Crippen LogP contribution in [0.15, 0.2) is 18.2 Å². The molecule has 0 atom stereocenters. The highest BCUT2D eigenvalue weighted by Crippen LogP contribution is 2.20. The van der Waals surface area contributed by atoms with Crippen LogP contribution in [0.25, 0.3) is 11.0 Å². The van der Waals surface area contributed by atoms with Crippen molar-refractivity contribution in [2.24, 2.45) is 0 Å². The highest BCUT2D eigenvalue weighted by Gasteiger charge is 2.29. The third kappa shape index (κ3) is 3.41. The Morgan fingerprint density at radius 2 is 1.75 bits per heavy atom. The number of carbonyl (C=O) groups excluding carboxylic acids is 1. The lowest BCUT2D eigenvalue weighted by atomic mass is 10.0. The van der Waals surface area contributed by atoms with Crippen LogP contribution < -0.4 is 5.32 Å². The van der Waals surface area contributed by atoms with Crippen molar-refractivity contribution in [1.29, 1.82) is 0 Å². The fourth-order valence-corrected chi connectivity index (χ4v) is 3.20. The maximum atomic E-state index is 12.5. The Labute approximate surface area is 143 Å². The van der Waals surface area contributed by atoms with E-state index in [9.17, 15) is 4.79 Å². The molecule has 0 radical (unpaired) electrons. The van der Waals surface area contributed by atoms with E-state index in [2.05, 4.69) is 34.0 Å². The van der Waals surface area contributed by atoms with Gasteiger partial charge in [0.05, 0.1) is 22.4 Å². The Hall–Kier alpha value is -2.01. The SMILES string of the molecule is Cc1nc2ccc(C(=O)NCC(C)(C)N3CCCC3)cc2nc1C. The van der Waals surface area contributed by atoms with Gasteiger partial charge in [-0.15, -0.1) is 0 Å². The fourth-order valence-electron chi connectivity index (χ4n) is 3.20. The molecular weight excluding hydrogens is 300 g/mol. The molecule has 0 bridgehead atoms. The van der Waals surface area contributed by atoms with Crippen molar-refractivity contribution in [3.63, 3.8) is 0 Å². The predicted octanol–water partition coefficient (Wildman–Crippen LogP) is 2.85. The molecule has 1 N–H and O–H groups in total. The van der Waals surface area contributed by atoms with Crippen LogP contribution in [0.5, 0.6) is 0 Å². The van der Waals surface area contributed by atoms with E-state index < -0.39 is 0 Å². The Morgan fingerprint density at radius 3 is 2.42 bits per heavy atom. The lowest BCUT2D eigenvalue weighted by Gasteiger charge is -2.35. The van der Waals surface area contributed by atoms with E-state index in [1.807, 2.05) is 32.0 Å². The van der Waals surface area contributed by atoms with Gasteiger partial charge in [-0.2, -0.15) is 0 Å². The van der Waals surface area contributed by atoms with Crippen molar-refractivity contribution in [2.75, 3.05) is 19.6 Å². The van der Waals surface area contributed by atoms with Crippen molar-refractivity contribution < 1.29 is 4.79 Å². The van der Waals surface area contributed by atoms with Gasteiger partial charge in [-0.3, -0.25) is 9.69 Å². The number of nitrogens with zero attached hydrogens (tertiary/aromatic N) is 3. The summed E-state index contributed by atoms with van der Waals surface area (Å²) in [6.07, 6.45) is 2.50. The Morgan fingerprint density at radius 1 is 1.12 bits per heavy atom. The molecule has 0 aliphatic carbocycles. The summed E-state index contributed by atoms with van der Waals surface area (Å²) in [4.78, 5) is 24.0. The molecule has 5 nitrogen and oxygen atoms in total. The number of aryl methyl sites for hydroxylation is 2. The average molecular weight is 326 g/mol. The molecule has 0 spiro atoms. The molecule has 0 unspecified atom stereocenters. The van der Waals surface area contributed by atoms with E-state index in [0.717, 1.165) is 35.5 Å². The molecule has 24 heavy (non-hydrogen) atoms. The number of hydrogen-bond donors (Lipinski definition) is 1. The van der Waals surface area contributed by atoms with Gasteiger partial charge in [0.25, 0.3) is 5.91 Å². The molecule has 3 rings (SSSR count). The van der Waals surface area contributed by atoms with Crippen LogP contribution in [0.2, 0.25) is 0 Å². The molecule has 0 saturated carbocycles. The van der Waals surface area contributed by atoms with Gasteiger partial charge in [-0.25, -0.2) is 9.97 Å². The second-order valence-corrected chi connectivity index (χ2v) is 7.29. The molecule has 2 aromatic rings. The summed E-state index contributed by atoms with van der Waals surface area (Å²) in [5.74, 6) is -0.0517. The van der Waals surface area contributed by atoms with Crippen LogP contribution >= 0.6 is 0 Å². The largest absolute Gasteiger partial charge is 0.350 e. The summed E-state index contributed by atoms with van der Waals surface area (Å²) in [5.41, 5.74) is 4.03. The van der Waals surface area contributed by atoms with Gasteiger partial charge in [0.15, 0.2) is 0 Å². The van der Waals surface area contributed by atoms with Gasteiger partial charge >= 0.3 is 0 Å². The van der Waals surface area contributed by atoms with Gasteiger partial charge in [0.2, 0.25) is 0 Å². The van der Waals surface area contributed by atoms with Gasteiger partial charge < -0.3 is 5.32 Å². The average Bonchev–Trinajstić information content (AvgIpc) is 3.09. The van der Waals surface area contributed by atoms with Crippen LogP contribution in [0, 0.1) is 13.8 Å². The number of carbonyl (C=O) groups is 1. The van der Waals surface area contributed by atoms with Crippen molar-refractivity contribution in [2.45, 2.75) is 46.1 Å². The number of benzene rings is 1. The molecule has 1 amide bonds. The minimum atomic E-state index is -0.0517. The van der Waals surface area contributed by atoms with Gasteiger partial charge in [0.1, 0.15) is 0 Å². The molecule has 2 heterocycles. The first kappa shape index (κ1) is 16.8. The van der Waals surface area contributed by atoms with E-state index >= 15 is 0 Å². The Kier molecular flexibility index (Phi) is 4.54. The van der Waals surface area contributed by atoms with Crippen LogP contribution in [0.3, 0.4) is 0 Å². The first-order valence-electron chi connectivity index (χ1n) is 8.65. The summed E-state index contributed by atoms with van der Waals surface area (Å²) in [7, 11) is 0. The summed E-state index contributed by atoms with van der Waals surface area (Å²) < 4.78 is 0. The highest BCUT2D eigenvalue weighted by atomic mass is 16.1. The van der Waals surface area contributed by atoms with Crippen LogP contribution in [0.4, 0.5) is 0 Å². The van der Waals surface area contributed by atoms with Gasteiger partial charge in [0, 0.05) is 17.6 Å². The summed E-state index contributed by atoms with van der Waals surface area (Å²) in [6.45, 7) is 11.1. The Balaban J connectivity index is 1.72. The number of amides is 1. The van der Waals surface area contributed by atoms with Crippen LogP contribution in [0.1, 0.15) is 48.4 Å². The minimum absolute atomic E-state index is 0.0173. The van der Waals surface area contributed by atoms with Crippen LogP contribution in [-0.2, 0) is 0 Å². The molecule has 1 fully saturated rings. The monoisotopic (exact) mass is 326 g/mol. The summed E-state index contributed by atoms with van der Waals surface area (Å²) >= 11 is 0. The fraction of sp³-hybridized carbons (Fsp3) is 0.526. The maximum Gasteiger partial charge on any atom is 0.251 e.